The van der Waals surface area contributed by atoms with Crippen LogP contribution in [0.15, 0.2) is 48.5 Å². The number of hydrogen-bond acceptors (Lipinski definition) is 6. The summed E-state index contributed by atoms with van der Waals surface area (Å²) in [6.07, 6.45) is -0.653. The van der Waals surface area contributed by atoms with Crippen LogP contribution in [-0.4, -0.2) is 37.7 Å². The third-order valence-electron chi connectivity index (χ3n) is 4.63. The maximum absolute atomic E-state index is 12.9. The molecule has 0 aliphatic carbocycles. The summed E-state index contributed by atoms with van der Waals surface area (Å²) >= 11 is 0. The Labute approximate surface area is 208 Å². The van der Waals surface area contributed by atoms with Crippen molar-refractivity contribution in [3.63, 3.8) is 0 Å². The Morgan fingerprint density at radius 3 is 2.09 bits per heavy atom. The van der Waals surface area contributed by atoms with Gasteiger partial charge in [0.05, 0.1) is 5.75 Å². The maximum atomic E-state index is 12.9. The summed E-state index contributed by atoms with van der Waals surface area (Å²) in [5, 5.41) is 2.60. The highest BCUT2D eigenvalue weighted by atomic mass is 32.2. The van der Waals surface area contributed by atoms with E-state index >= 15 is 0 Å². The van der Waals surface area contributed by atoms with E-state index in [4.69, 9.17) is 9.47 Å². The SMILES string of the molecule is Cc1ccc(NS(=O)(=O)Cc2ccccc2)cc1C[C@H](NC(=O)OC(C)(C)C)C(=O)OC(C)(C)C. The monoisotopic (exact) mass is 504 g/mol. The Morgan fingerprint density at radius 2 is 1.51 bits per heavy atom. The fraction of sp³-hybridized carbons (Fsp3) is 0.462. The molecule has 0 unspecified atom stereocenters. The number of anilines is 1. The number of ether oxygens (including phenoxy) is 2. The second kappa shape index (κ2) is 11.1. The number of sulfonamides is 1. The van der Waals surface area contributed by atoms with E-state index < -0.39 is 39.3 Å². The molecule has 0 aliphatic rings. The molecule has 1 amide bonds. The molecule has 0 aromatic heterocycles. The van der Waals surface area contributed by atoms with Crippen molar-refractivity contribution in [2.45, 2.75) is 77.9 Å². The Kier molecular flexibility index (Phi) is 8.94. The van der Waals surface area contributed by atoms with Gasteiger partial charge in [0, 0.05) is 12.1 Å². The zero-order valence-corrected chi connectivity index (χ0v) is 22.3. The highest BCUT2D eigenvalue weighted by molar-refractivity contribution is 7.91. The molecule has 0 bridgehead atoms. The van der Waals surface area contributed by atoms with Gasteiger partial charge in [-0.05, 0) is 77.3 Å². The van der Waals surface area contributed by atoms with E-state index in [0.29, 0.717) is 16.8 Å². The van der Waals surface area contributed by atoms with Gasteiger partial charge in [0.25, 0.3) is 0 Å². The first kappa shape index (κ1) is 28.2. The molecule has 0 radical (unpaired) electrons. The normalized spacial score (nSPS) is 13.0. The van der Waals surface area contributed by atoms with Crippen LogP contribution in [0.1, 0.15) is 58.2 Å². The van der Waals surface area contributed by atoms with Crippen LogP contribution in [0.3, 0.4) is 0 Å². The van der Waals surface area contributed by atoms with Crippen molar-refractivity contribution in [3.05, 3.63) is 65.2 Å². The van der Waals surface area contributed by atoms with Gasteiger partial charge >= 0.3 is 12.1 Å². The zero-order chi connectivity index (χ0) is 26.4. The van der Waals surface area contributed by atoms with Crippen LogP contribution in [0.2, 0.25) is 0 Å². The molecule has 8 nitrogen and oxygen atoms in total. The van der Waals surface area contributed by atoms with Crippen molar-refractivity contribution in [1.82, 2.24) is 5.32 Å². The fourth-order valence-electron chi connectivity index (χ4n) is 3.20. The van der Waals surface area contributed by atoms with E-state index in [2.05, 4.69) is 10.0 Å². The lowest BCUT2D eigenvalue weighted by Gasteiger charge is -2.26. The molecule has 2 N–H and O–H groups in total. The van der Waals surface area contributed by atoms with Crippen LogP contribution in [0.4, 0.5) is 10.5 Å². The van der Waals surface area contributed by atoms with Crippen LogP contribution in [-0.2, 0) is 36.5 Å². The number of nitrogens with one attached hydrogen (secondary N) is 2. The number of aryl methyl sites for hydroxylation is 1. The molecule has 9 heteroatoms. The number of rotatable bonds is 8. The highest BCUT2D eigenvalue weighted by Crippen LogP contribution is 2.21. The topological polar surface area (TPSA) is 111 Å². The minimum atomic E-state index is -3.66. The zero-order valence-electron chi connectivity index (χ0n) is 21.5. The number of alkyl carbamates (subject to hydrolysis) is 1. The average Bonchev–Trinajstić information content (AvgIpc) is 2.67. The van der Waals surface area contributed by atoms with Crippen molar-refractivity contribution in [2.24, 2.45) is 0 Å². The van der Waals surface area contributed by atoms with Crippen molar-refractivity contribution in [1.29, 1.82) is 0 Å². The van der Waals surface area contributed by atoms with Crippen LogP contribution in [0, 0.1) is 6.92 Å². The average molecular weight is 505 g/mol. The molecule has 35 heavy (non-hydrogen) atoms. The molecule has 2 rings (SSSR count). The molecular formula is C26H36N2O6S. The smallest absolute Gasteiger partial charge is 0.408 e. The summed E-state index contributed by atoms with van der Waals surface area (Å²) in [7, 11) is -3.66. The van der Waals surface area contributed by atoms with Crippen LogP contribution < -0.4 is 10.0 Å². The second-order valence-electron chi connectivity index (χ2n) is 10.4. The number of carbonyl (C=O) groups excluding carboxylic acids is 2. The van der Waals surface area contributed by atoms with Gasteiger partial charge in [0.1, 0.15) is 17.2 Å². The van der Waals surface area contributed by atoms with Gasteiger partial charge < -0.3 is 14.8 Å². The maximum Gasteiger partial charge on any atom is 0.408 e. The summed E-state index contributed by atoms with van der Waals surface area (Å²) in [4.78, 5) is 25.3. The minimum Gasteiger partial charge on any atom is -0.458 e. The first-order valence-corrected chi connectivity index (χ1v) is 13.0. The van der Waals surface area contributed by atoms with Crippen LogP contribution in [0.25, 0.3) is 0 Å². The molecule has 0 fully saturated rings. The quantitative estimate of drug-likeness (QED) is 0.504. The predicted octanol–water partition coefficient (Wildman–Crippen LogP) is 4.71. The summed E-state index contributed by atoms with van der Waals surface area (Å²) < 4.78 is 38.7. The van der Waals surface area contributed by atoms with Gasteiger partial charge in [-0.15, -0.1) is 0 Å². The minimum absolute atomic E-state index is 0.0915. The van der Waals surface area contributed by atoms with Gasteiger partial charge in [-0.3, -0.25) is 4.72 Å². The number of hydrogen-bond donors (Lipinski definition) is 2. The standard InChI is InChI=1S/C26H36N2O6S/c1-18-13-14-21(28-35(31,32)17-19-11-9-8-10-12-19)15-20(18)16-22(23(29)33-25(2,3)4)27-24(30)34-26(5,6)7/h8-15,22,28H,16-17H2,1-7H3,(H,27,30)/t22-/m0/s1. The Morgan fingerprint density at radius 1 is 0.914 bits per heavy atom. The van der Waals surface area contributed by atoms with Crippen molar-refractivity contribution >= 4 is 27.8 Å². The summed E-state index contributed by atoms with van der Waals surface area (Å²) in [6.45, 7) is 12.2. The van der Waals surface area contributed by atoms with Crippen LogP contribution in [0.5, 0.6) is 0 Å². The Balaban J connectivity index is 2.25. The summed E-state index contributed by atoms with van der Waals surface area (Å²) in [5.74, 6) is -0.782. The van der Waals surface area contributed by atoms with Crippen molar-refractivity contribution in [2.75, 3.05) is 4.72 Å². The third kappa shape index (κ3) is 10.4. The summed E-state index contributed by atoms with van der Waals surface area (Å²) in [6, 6.07) is 12.9. The van der Waals surface area contributed by atoms with Gasteiger partial charge in [-0.1, -0.05) is 36.4 Å². The second-order valence-corrected chi connectivity index (χ2v) is 12.1. The summed E-state index contributed by atoms with van der Waals surface area (Å²) in [5.41, 5.74) is 1.04. The van der Waals surface area contributed by atoms with Gasteiger partial charge in [0.15, 0.2) is 0 Å². The molecule has 0 aliphatic heterocycles. The third-order valence-corrected chi connectivity index (χ3v) is 5.89. The van der Waals surface area contributed by atoms with Gasteiger partial charge in [-0.2, -0.15) is 0 Å². The van der Waals surface area contributed by atoms with Gasteiger partial charge in [0.2, 0.25) is 10.0 Å². The molecule has 0 saturated heterocycles. The fourth-order valence-corrected chi connectivity index (χ4v) is 4.39. The molecule has 0 saturated carbocycles. The van der Waals surface area contributed by atoms with Crippen molar-refractivity contribution < 1.29 is 27.5 Å². The Hall–Kier alpha value is -3.07. The lowest BCUT2D eigenvalue weighted by Crippen LogP contribution is -2.47. The van der Waals surface area contributed by atoms with E-state index in [9.17, 15) is 18.0 Å². The molecule has 2 aromatic rings. The predicted molar refractivity (Wildman–Crippen MR) is 137 cm³/mol. The van der Waals surface area contributed by atoms with Crippen LogP contribution >= 0.6 is 0 Å². The molecule has 0 heterocycles. The Bertz CT molecular complexity index is 1130. The largest absolute Gasteiger partial charge is 0.458 e. The lowest BCUT2D eigenvalue weighted by atomic mass is 10.00. The molecular weight excluding hydrogens is 468 g/mol. The molecule has 1 atom stereocenters. The van der Waals surface area contributed by atoms with E-state index in [1.165, 1.54) is 0 Å². The molecule has 0 spiro atoms. The van der Waals surface area contributed by atoms with E-state index in [1.807, 2.05) is 13.0 Å². The highest BCUT2D eigenvalue weighted by Gasteiger charge is 2.29. The van der Waals surface area contributed by atoms with E-state index in [0.717, 1.165) is 5.56 Å². The molecule has 192 valence electrons. The number of amides is 1. The first-order chi connectivity index (χ1) is 16.0. The number of carbonyl (C=O) groups is 2. The van der Waals surface area contributed by atoms with Gasteiger partial charge in [-0.25, -0.2) is 18.0 Å². The molecule has 2 aromatic carbocycles. The number of esters is 1. The van der Waals surface area contributed by atoms with E-state index in [-0.39, 0.29) is 12.2 Å². The number of benzene rings is 2. The van der Waals surface area contributed by atoms with Crippen molar-refractivity contribution in [3.8, 4) is 0 Å². The van der Waals surface area contributed by atoms with E-state index in [1.54, 1.807) is 84.0 Å². The first-order valence-electron chi connectivity index (χ1n) is 11.4. The lowest BCUT2D eigenvalue weighted by molar-refractivity contribution is -0.157.